The van der Waals surface area contributed by atoms with Crippen LogP contribution >= 0.6 is 0 Å². The zero-order valence-corrected chi connectivity index (χ0v) is 14.3. The number of methoxy groups -OCH3 is 1. The molecule has 2 fully saturated rings. The molecule has 1 aromatic rings. The highest BCUT2D eigenvalue weighted by molar-refractivity contribution is 5.97. The van der Waals surface area contributed by atoms with Crippen LogP contribution < -0.4 is 10.1 Å². The molecular weight excluding hydrogens is 310 g/mol. The highest BCUT2D eigenvalue weighted by atomic mass is 16.6. The summed E-state index contributed by atoms with van der Waals surface area (Å²) in [5.74, 6) is -0.295. The van der Waals surface area contributed by atoms with E-state index in [1.807, 2.05) is 13.8 Å². The van der Waals surface area contributed by atoms with Crippen LogP contribution in [0.4, 0.5) is 5.69 Å². The molecule has 2 aliphatic heterocycles. The minimum absolute atomic E-state index is 0.109. The number of amides is 1. The third-order valence-corrected chi connectivity index (χ3v) is 4.74. The second-order valence-corrected chi connectivity index (χ2v) is 7.05. The first-order chi connectivity index (χ1) is 11.3. The van der Waals surface area contributed by atoms with E-state index in [0.717, 1.165) is 5.75 Å². The van der Waals surface area contributed by atoms with E-state index < -0.39 is 17.1 Å². The molecule has 0 saturated carbocycles. The number of hydrogen-bond donors (Lipinski definition) is 1. The van der Waals surface area contributed by atoms with Gasteiger partial charge < -0.3 is 19.5 Å². The number of rotatable bonds is 3. The number of benzene rings is 1. The second kappa shape index (κ2) is 6.09. The van der Waals surface area contributed by atoms with Gasteiger partial charge in [0.1, 0.15) is 11.4 Å². The zero-order valence-electron chi connectivity index (χ0n) is 14.3. The molecule has 24 heavy (non-hydrogen) atoms. The first-order valence-corrected chi connectivity index (χ1v) is 8.14. The number of ether oxygens (including phenoxy) is 3. The molecule has 130 valence electrons. The van der Waals surface area contributed by atoms with Gasteiger partial charge in [0.15, 0.2) is 0 Å². The summed E-state index contributed by atoms with van der Waals surface area (Å²) < 4.78 is 16.5. The highest BCUT2D eigenvalue weighted by Gasteiger charge is 2.56. The van der Waals surface area contributed by atoms with Crippen molar-refractivity contribution in [3.63, 3.8) is 0 Å². The lowest BCUT2D eigenvalue weighted by molar-refractivity contribution is -0.178. The molecule has 2 heterocycles. The van der Waals surface area contributed by atoms with Crippen molar-refractivity contribution in [2.24, 2.45) is 5.92 Å². The second-order valence-electron chi connectivity index (χ2n) is 7.05. The van der Waals surface area contributed by atoms with Crippen LogP contribution in [0.5, 0.6) is 5.75 Å². The van der Waals surface area contributed by atoms with Crippen LogP contribution in [0, 0.1) is 5.92 Å². The van der Waals surface area contributed by atoms with Crippen LogP contribution in [0.15, 0.2) is 24.3 Å². The summed E-state index contributed by atoms with van der Waals surface area (Å²) in [5, 5.41) is 2.89. The van der Waals surface area contributed by atoms with Crippen molar-refractivity contribution in [3.05, 3.63) is 24.3 Å². The van der Waals surface area contributed by atoms with Crippen molar-refractivity contribution >= 4 is 17.6 Å². The number of hydrogen-bond acceptors (Lipinski definition) is 5. The first-order valence-electron chi connectivity index (χ1n) is 8.14. The number of carbonyl (C=O) groups is 2. The van der Waals surface area contributed by atoms with Gasteiger partial charge in [-0.05, 0) is 38.1 Å². The van der Waals surface area contributed by atoms with Crippen molar-refractivity contribution < 1.29 is 23.8 Å². The molecule has 3 rings (SSSR count). The molecule has 2 aliphatic rings. The van der Waals surface area contributed by atoms with Gasteiger partial charge in [0.05, 0.1) is 31.7 Å². The van der Waals surface area contributed by atoms with Gasteiger partial charge in [0.25, 0.3) is 0 Å². The monoisotopic (exact) mass is 333 g/mol. The Labute approximate surface area is 141 Å². The summed E-state index contributed by atoms with van der Waals surface area (Å²) in [4.78, 5) is 24.7. The Balaban J connectivity index is 1.77. The van der Waals surface area contributed by atoms with Gasteiger partial charge >= 0.3 is 5.97 Å². The molecule has 6 nitrogen and oxygen atoms in total. The van der Waals surface area contributed by atoms with Gasteiger partial charge in [0.2, 0.25) is 5.91 Å². The summed E-state index contributed by atoms with van der Waals surface area (Å²) in [6, 6.07) is 7.10. The summed E-state index contributed by atoms with van der Waals surface area (Å²) in [6.07, 6.45) is 1.17. The summed E-state index contributed by atoms with van der Waals surface area (Å²) in [6.45, 7) is 4.39. The Morgan fingerprint density at radius 3 is 2.62 bits per heavy atom. The van der Waals surface area contributed by atoms with Crippen LogP contribution in [0.25, 0.3) is 0 Å². The van der Waals surface area contributed by atoms with Gasteiger partial charge in [0, 0.05) is 18.5 Å². The lowest BCUT2D eigenvalue weighted by atomic mass is 9.75. The fraction of sp³-hybridized carbons (Fsp3) is 0.556. The number of esters is 1. The van der Waals surface area contributed by atoms with Crippen LogP contribution in [0.2, 0.25) is 0 Å². The average molecular weight is 333 g/mol. The van der Waals surface area contributed by atoms with Crippen molar-refractivity contribution in [2.75, 3.05) is 19.0 Å². The Hall–Kier alpha value is -2.08. The van der Waals surface area contributed by atoms with Crippen LogP contribution in [0.3, 0.4) is 0 Å². The molecule has 1 N–H and O–H groups in total. The maximum atomic E-state index is 12.8. The molecule has 1 amide bonds. The van der Waals surface area contributed by atoms with Crippen molar-refractivity contribution in [3.8, 4) is 5.75 Å². The fourth-order valence-corrected chi connectivity index (χ4v) is 3.67. The van der Waals surface area contributed by atoms with Gasteiger partial charge in [-0.1, -0.05) is 0 Å². The van der Waals surface area contributed by atoms with Crippen molar-refractivity contribution in [2.45, 2.75) is 44.3 Å². The quantitative estimate of drug-likeness (QED) is 0.861. The maximum Gasteiger partial charge on any atom is 0.307 e. The van der Waals surface area contributed by atoms with Crippen LogP contribution in [-0.4, -0.2) is 36.8 Å². The van der Waals surface area contributed by atoms with E-state index in [0.29, 0.717) is 25.1 Å². The fourth-order valence-electron chi connectivity index (χ4n) is 3.67. The minimum atomic E-state index is -0.768. The SMILES string of the molecule is COc1ccc(NC(=O)[C@@H]2CC(=O)O[C@@]23CCOC(C)(C)C3)cc1. The third-order valence-electron chi connectivity index (χ3n) is 4.74. The van der Waals surface area contributed by atoms with E-state index in [-0.39, 0.29) is 18.3 Å². The zero-order chi connectivity index (χ0) is 17.4. The van der Waals surface area contributed by atoms with Gasteiger partial charge in [-0.15, -0.1) is 0 Å². The molecule has 0 aromatic heterocycles. The first kappa shape index (κ1) is 16.8. The van der Waals surface area contributed by atoms with Gasteiger partial charge in [-0.3, -0.25) is 9.59 Å². The minimum Gasteiger partial charge on any atom is -0.497 e. The number of carbonyl (C=O) groups excluding carboxylic acids is 2. The number of anilines is 1. The molecule has 2 saturated heterocycles. The summed E-state index contributed by atoms with van der Waals surface area (Å²) in [7, 11) is 1.59. The van der Waals surface area contributed by atoms with Crippen LogP contribution in [0.1, 0.15) is 33.1 Å². The normalized spacial score (nSPS) is 28.5. The Morgan fingerprint density at radius 1 is 1.29 bits per heavy atom. The van der Waals surface area contributed by atoms with Gasteiger partial charge in [-0.25, -0.2) is 0 Å². The molecule has 0 bridgehead atoms. The molecule has 1 aromatic carbocycles. The van der Waals surface area contributed by atoms with E-state index in [2.05, 4.69) is 5.32 Å². The van der Waals surface area contributed by atoms with Crippen molar-refractivity contribution in [1.82, 2.24) is 0 Å². The molecule has 1 spiro atoms. The standard InChI is InChI=1S/C18H23NO5/c1-17(2)11-18(8-9-23-17)14(10-15(20)24-18)16(21)19-12-4-6-13(22-3)7-5-12/h4-7,14H,8-11H2,1-3H3,(H,19,21)/t14-,18+/m0/s1. The highest BCUT2D eigenvalue weighted by Crippen LogP contribution is 2.46. The Kier molecular flexibility index (Phi) is 4.25. The average Bonchev–Trinajstić information content (AvgIpc) is 2.82. The third kappa shape index (κ3) is 3.24. The van der Waals surface area contributed by atoms with E-state index in [1.165, 1.54) is 0 Å². The van der Waals surface area contributed by atoms with E-state index in [4.69, 9.17) is 14.2 Å². The van der Waals surface area contributed by atoms with E-state index in [9.17, 15) is 9.59 Å². The van der Waals surface area contributed by atoms with Crippen molar-refractivity contribution in [1.29, 1.82) is 0 Å². The lowest BCUT2D eigenvalue weighted by Crippen LogP contribution is -2.52. The predicted molar refractivity (Wildman–Crippen MR) is 87.8 cm³/mol. The molecule has 6 heteroatoms. The largest absolute Gasteiger partial charge is 0.497 e. The topological polar surface area (TPSA) is 73.9 Å². The smallest absolute Gasteiger partial charge is 0.307 e. The molecule has 2 atom stereocenters. The summed E-state index contributed by atoms with van der Waals surface area (Å²) in [5.41, 5.74) is -0.515. The van der Waals surface area contributed by atoms with E-state index >= 15 is 0 Å². The Morgan fingerprint density at radius 2 is 2.00 bits per heavy atom. The predicted octanol–water partition coefficient (Wildman–Crippen LogP) is 2.52. The number of nitrogens with one attached hydrogen (secondary N) is 1. The molecule has 0 aliphatic carbocycles. The lowest BCUT2D eigenvalue weighted by Gasteiger charge is -2.43. The molecular formula is C18H23NO5. The van der Waals surface area contributed by atoms with Gasteiger partial charge in [-0.2, -0.15) is 0 Å². The Bertz CT molecular complexity index is 639. The molecule has 0 radical (unpaired) electrons. The van der Waals surface area contributed by atoms with E-state index in [1.54, 1.807) is 31.4 Å². The summed E-state index contributed by atoms with van der Waals surface area (Å²) >= 11 is 0. The van der Waals surface area contributed by atoms with Crippen LogP contribution in [-0.2, 0) is 19.1 Å². The maximum absolute atomic E-state index is 12.8. The molecule has 0 unspecified atom stereocenters.